The maximum Gasteiger partial charge on any atom is 0.168 e. The van der Waals surface area contributed by atoms with Crippen LogP contribution in [0.1, 0.15) is 23.4 Å². The molecule has 4 aromatic rings. The van der Waals surface area contributed by atoms with Gasteiger partial charge in [0, 0.05) is 13.1 Å². The van der Waals surface area contributed by atoms with Crippen molar-refractivity contribution in [2.75, 3.05) is 18.0 Å². The summed E-state index contributed by atoms with van der Waals surface area (Å²) in [5.41, 5.74) is 1.82. The lowest BCUT2D eigenvalue weighted by molar-refractivity contribution is 0.498. The summed E-state index contributed by atoms with van der Waals surface area (Å²) in [5.74, 6) is 3.72. The topological polar surface area (TPSA) is 88.4 Å². The van der Waals surface area contributed by atoms with Gasteiger partial charge in [-0.05, 0) is 26.0 Å². The number of aromatic amines is 1. The molecule has 0 bridgehead atoms. The molecule has 3 aromatic heterocycles. The second-order valence-electron chi connectivity index (χ2n) is 6.60. The van der Waals surface area contributed by atoms with Crippen LogP contribution in [-0.2, 0) is 0 Å². The number of H-pyrrole nitrogens is 1. The molecule has 130 valence electrons. The van der Waals surface area contributed by atoms with Crippen LogP contribution in [0.4, 0.5) is 5.82 Å². The number of fused-ring (bicyclic) bond motifs is 1. The molecule has 5 rings (SSSR count). The third kappa shape index (κ3) is 2.33. The molecule has 0 saturated carbocycles. The number of hydrogen-bond acceptors (Lipinski definition) is 6. The molecular formula is C18H18N8. The Morgan fingerprint density at radius 2 is 1.85 bits per heavy atom. The highest BCUT2D eigenvalue weighted by Crippen LogP contribution is 2.33. The first-order valence-electron chi connectivity index (χ1n) is 8.60. The van der Waals surface area contributed by atoms with Crippen molar-refractivity contribution in [1.29, 1.82) is 0 Å². The molecule has 1 aliphatic rings. The highest BCUT2D eigenvalue weighted by atomic mass is 15.3. The predicted octanol–water partition coefficient (Wildman–Crippen LogP) is 2.15. The molecule has 1 fully saturated rings. The zero-order valence-corrected chi connectivity index (χ0v) is 14.6. The molecule has 0 amide bonds. The number of aromatic nitrogens is 7. The molecule has 1 aromatic carbocycles. The van der Waals surface area contributed by atoms with Gasteiger partial charge in [0.1, 0.15) is 17.5 Å². The fraction of sp³-hybridized carbons (Fsp3) is 0.278. The van der Waals surface area contributed by atoms with Crippen molar-refractivity contribution in [3.8, 4) is 5.69 Å². The van der Waals surface area contributed by atoms with Gasteiger partial charge < -0.3 is 4.90 Å². The van der Waals surface area contributed by atoms with E-state index in [-0.39, 0.29) is 0 Å². The van der Waals surface area contributed by atoms with Gasteiger partial charge in [0.25, 0.3) is 0 Å². The van der Waals surface area contributed by atoms with Gasteiger partial charge in [0.05, 0.1) is 23.2 Å². The minimum Gasteiger partial charge on any atom is -0.354 e. The van der Waals surface area contributed by atoms with Crippen molar-refractivity contribution < 1.29 is 0 Å². The Morgan fingerprint density at radius 1 is 1.04 bits per heavy atom. The van der Waals surface area contributed by atoms with Crippen LogP contribution in [-0.4, -0.2) is 48.0 Å². The quantitative estimate of drug-likeness (QED) is 0.611. The van der Waals surface area contributed by atoms with Crippen molar-refractivity contribution in [2.24, 2.45) is 0 Å². The fourth-order valence-electron chi connectivity index (χ4n) is 3.36. The zero-order chi connectivity index (χ0) is 17.7. The average Bonchev–Trinajstić information content (AvgIpc) is 3.21. The lowest BCUT2D eigenvalue weighted by atomic mass is 9.99. The van der Waals surface area contributed by atoms with E-state index < -0.39 is 0 Å². The van der Waals surface area contributed by atoms with Crippen LogP contribution >= 0.6 is 0 Å². The first kappa shape index (κ1) is 15.0. The van der Waals surface area contributed by atoms with E-state index in [1.807, 2.05) is 55.1 Å². The van der Waals surface area contributed by atoms with Gasteiger partial charge in [0.2, 0.25) is 0 Å². The number of hydrogen-bond donors (Lipinski definition) is 1. The minimum absolute atomic E-state index is 0.328. The van der Waals surface area contributed by atoms with Crippen LogP contribution in [0, 0.1) is 13.8 Å². The lowest BCUT2D eigenvalue weighted by Crippen LogP contribution is -2.46. The second-order valence-corrected chi connectivity index (χ2v) is 6.60. The van der Waals surface area contributed by atoms with Crippen LogP contribution in [0.15, 0.2) is 36.5 Å². The van der Waals surface area contributed by atoms with Gasteiger partial charge in [-0.15, -0.1) is 0 Å². The number of para-hydroxylation sites is 1. The number of nitrogens with one attached hydrogen (secondary N) is 1. The molecule has 4 heterocycles. The molecular weight excluding hydrogens is 328 g/mol. The number of anilines is 1. The van der Waals surface area contributed by atoms with Gasteiger partial charge >= 0.3 is 0 Å². The van der Waals surface area contributed by atoms with Crippen molar-refractivity contribution in [1.82, 2.24) is 34.9 Å². The largest absolute Gasteiger partial charge is 0.354 e. The van der Waals surface area contributed by atoms with Crippen LogP contribution in [0.3, 0.4) is 0 Å². The Bertz CT molecular complexity index is 1080. The van der Waals surface area contributed by atoms with Crippen LogP contribution < -0.4 is 4.90 Å². The highest BCUT2D eigenvalue weighted by Gasteiger charge is 2.33. The lowest BCUT2D eigenvalue weighted by Gasteiger charge is -2.38. The first-order valence-corrected chi connectivity index (χ1v) is 8.60. The van der Waals surface area contributed by atoms with Gasteiger partial charge in [-0.25, -0.2) is 19.6 Å². The maximum absolute atomic E-state index is 4.68. The molecule has 1 aliphatic heterocycles. The Balaban J connectivity index is 1.50. The van der Waals surface area contributed by atoms with E-state index >= 15 is 0 Å². The SMILES string of the molecule is Cc1nc(N2CC(c3n[nH]c(C)n3)C2)c2cnn(-c3ccccc3)c2n1. The monoisotopic (exact) mass is 346 g/mol. The van der Waals surface area contributed by atoms with Crippen molar-refractivity contribution in [3.05, 3.63) is 54.0 Å². The molecule has 8 nitrogen and oxygen atoms in total. The van der Waals surface area contributed by atoms with Crippen LogP contribution in [0.25, 0.3) is 16.7 Å². The second kappa shape index (κ2) is 5.62. The number of benzene rings is 1. The third-order valence-corrected chi connectivity index (χ3v) is 4.68. The summed E-state index contributed by atoms with van der Waals surface area (Å²) in [7, 11) is 0. The molecule has 0 spiro atoms. The van der Waals surface area contributed by atoms with Gasteiger partial charge in [-0.1, -0.05) is 18.2 Å². The summed E-state index contributed by atoms with van der Waals surface area (Å²) in [6, 6.07) is 10.0. The van der Waals surface area contributed by atoms with Crippen molar-refractivity contribution >= 4 is 16.9 Å². The van der Waals surface area contributed by atoms with Crippen LogP contribution in [0.5, 0.6) is 0 Å². The molecule has 1 N–H and O–H groups in total. The number of aryl methyl sites for hydroxylation is 2. The van der Waals surface area contributed by atoms with Gasteiger partial charge in [-0.3, -0.25) is 5.10 Å². The summed E-state index contributed by atoms with van der Waals surface area (Å²) in [4.78, 5) is 16.0. The first-order chi connectivity index (χ1) is 12.7. The Morgan fingerprint density at radius 3 is 2.58 bits per heavy atom. The van der Waals surface area contributed by atoms with Gasteiger partial charge in [0.15, 0.2) is 11.5 Å². The van der Waals surface area contributed by atoms with E-state index in [9.17, 15) is 0 Å². The molecule has 0 unspecified atom stereocenters. The molecule has 0 aliphatic carbocycles. The smallest absolute Gasteiger partial charge is 0.168 e. The molecule has 8 heteroatoms. The Kier molecular flexibility index (Phi) is 3.24. The number of rotatable bonds is 3. The van der Waals surface area contributed by atoms with E-state index in [1.54, 1.807) is 0 Å². The van der Waals surface area contributed by atoms with E-state index in [2.05, 4.69) is 35.1 Å². The summed E-state index contributed by atoms with van der Waals surface area (Å²) >= 11 is 0. The zero-order valence-electron chi connectivity index (χ0n) is 14.6. The highest BCUT2D eigenvalue weighted by molar-refractivity contribution is 5.88. The van der Waals surface area contributed by atoms with Gasteiger partial charge in [-0.2, -0.15) is 10.2 Å². The minimum atomic E-state index is 0.328. The Labute approximate surface area is 149 Å². The summed E-state index contributed by atoms with van der Waals surface area (Å²) in [6.45, 7) is 5.53. The summed E-state index contributed by atoms with van der Waals surface area (Å²) < 4.78 is 1.86. The summed E-state index contributed by atoms with van der Waals surface area (Å²) in [5, 5.41) is 12.7. The van der Waals surface area contributed by atoms with Crippen LogP contribution in [0.2, 0.25) is 0 Å². The molecule has 26 heavy (non-hydrogen) atoms. The molecule has 0 radical (unpaired) electrons. The van der Waals surface area contributed by atoms with E-state index in [0.717, 1.165) is 53.1 Å². The summed E-state index contributed by atoms with van der Waals surface area (Å²) in [6.07, 6.45) is 1.85. The standard InChI is InChI=1S/C18H18N8/c1-11-21-17(25-9-13(10-25)16-20-12(2)23-24-16)15-8-19-26(18(15)22-11)14-6-4-3-5-7-14/h3-8,13H,9-10H2,1-2H3,(H,20,23,24). The predicted molar refractivity (Wildman–Crippen MR) is 97.5 cm³/mol. The third-order valence-electron chi connectivity index (χ3n) is 4.68. The van der Waals surface area contributed by atoms with E-state index in [1.165, 1.54) is 0 Å². The molecule has 0 atom stereocenters. The van der Waals surface area contributed by atoms with E-state index in [4.69, 9.17) is 0 Å². The van der Waals surface area contributed by atoms with Crippen molar-refractivity contribution in [2.45, 2.75) is 19.8 Å². The maximum atomic E-state index is 4.68. The normalized spacial score (nSPS) is 14.8. The number of nitrogens with zero attached hydrogens (tertiary/aromatic N) is 7. The average molecular weight is 346 g/mol. The van der Waals surface area contributed by atoms with Crippen molar-refractivity contribution in [3.63, 3.8) is 0 Å². The Hall–Kier alpha value is -3.29. The molecule has 1 saturated heterocycles. The fourth-order valence-corrected chi connectivity index (χ4v) is 3.36. The van der Waals surface area contributed by atoms with E-state index in [0.29, 0.717) is 5.92 Å².